The first-order valence-electron chi connectivity index (χ1n) is 3.69. The van der Waals surface area contributed by atoms with Crippen molar-refractivity contribution in [3.8, 4) is 17.1 Å². The summed E-state index contributed by atoms with van der Waals surface area (Å²) in [5.74, 6) is 1.08. The fraction of sp³-hybridized carbons (Fsp3) is 0. The number of aromatic hydroxyl groups is 1. The SMILES string of the molecule is Oc1ccc(-c2ccco2)cc1.[H-].[Na+]. The van der Waals surface area contributed by atoms with Crippen molar-refractivity contribution in [2.45, 2.75) is 0 Å². The van der Waals surface area contributed by atoms with Gasteiger partial charge in [-0.25, -0.2) is 0 Å². The molecular weight excluding hydrogens is 175 g/mol. The van der Waals surface area contributed by atoms with Crippen LogP contribution >= 0.6 is 0 Å². The van der Waals surface area contributed by atoms with Crippen LogP contribution in [0.25, 0.3) is 11.3 Å². The molecule has 62 valence electrons. The maximum Gasteiger partial charge on any atom is 1.00 e. The second-order valence-electron chi connectivity index (χ2n) is 2.52. The molecule has 0 fully saturated rings. The number of phenols is 1. The van der Waals surface area contributed by atoms with Gasteiger partial charge in [-0.3, -0.25) is 0 Å². The van der Waals surface area contributed by atoms with E-state index in [1.165, 1.54) is 0 Å². The van der Waals surface area contributed by atoms with Crippen molar-refractivity contribution < 1.29 is 40.5 Å². The summed E-state index contributed by atoms with van der Waals surface area (Å²) in [5, 5.41) is 9.02. The molecule has 13 heavy (non-hydrogen) atoms. The molecule has 0 aliphatic carbocycles. The Morgan fingerprint density at radius 1 is 1.08 bits per heavy atom. The molecule has 2 aromatic rings. The van der Waals surface area contributed by atoms with Gasteiger partial charge in [0.15, 0.2) is 0 Å². The zero-order valence-electron chi connectivity index (χ0n) is 8.40. The molecule has 0 saturated heterocycles. The summed E-state index contributed by atoms with van der Waals surface area (Å²) in [6, 6.07) is 10.6. The maximum atomic E-state index is 9.02. The minimum Gasteiger partial charge on any atom is -1.00 e. The van der Waals surface area contributed by atoms with Gasteiger partial charge in [-0.1, -0.05) is 0 Å². The summed E-state index contributed by atoms with van der Waals surface area (Å²) < 4.78 is 5.18. The number of benzene rings is 1. The molecule has 0 saturated carbocycles. The molecular formula is C10H9NaO2. The largest absolute Gasteiger partial charge is 1.00 e. The molecule has 2 nitrogen and oxygen atoms in total. The van der Waals surface area contributed by atoms with Crippen LogP contribution in [0.1, 0.15) is 1.43 Å². The van der Waals surface area contributed by atoms with Crippen molar-refractivity contribution in [3.63, 3.8) is 0 Å². The topological polar surface area (TPSA) is 33.4 Å². The molecule has 2 rings (SSSR count). The molecule has 0 bridgehead atoms. The van der Waals surface area contributed by atoms with Gasteiger partial charge in [0, 0.05) is 5.56 Å². The predicted octanol–water partition coefficient (Wildman–Crippen LogP) is -0.231. The molecule has 0 amide bonds. The number of furan rings is 1. The molecule has 1 aromatic heterocycles. The summed E-state index contributed by atoms with van der Waals surface area (Å²) in [7, 11) is 0. The fourth-order valence-corrected chi connectivity index (χ4v) is 1.07. The standard InChI is InChI=1S/C10H8O2.Na.H/c11-9-5-3-8(4-6-9)10-2-1-7-12-10;;/h1-7,11H;;/q;+1;-1. The van der Waals surface area contributed by atoms with Crippen molar-refractivity contribution in [3.05, 3.63) is 42.7 Å². The maximum absolute atomic E-state index is 9.02. The summed E-state index contributed by atoms with van der Waals surface area (Å²) >= 11 is 0. The molecule has 1 N–H and O–H groups in total. The molecule has 0 aliphatic heterocycles. The number of hydrogen-bond donors (Lipinski definition) is 1. The molecule has 3 heteroatoms. The van der Waals surface area contributed by atoms with E-state index >= 15 is 0 Å². The average molecular weight is 184 g/mol. The summed E-state index contributed by atoms with van der Waals surface area (Å²) in [6.45, 7) is 0. The van der Waals surface area contributed by atoms with E-state index in [4.69, 9.17) is 9.52 Å². The molecule has 0 unspecified atom stereocenters. The van der Waals surface area contributed by atoms with Crippen LogP contribution in [0.4, 0.5) is 0 Å². The zero-order chi connectivity index (χ0) is 8.39. The first-order chi connectivity index (χ1) is 5.86. The van der Waals surface area contributed by atoms with Gasteiger partial charge in [0.05, 0.1) is 6.26 Å². The molecule has 0 atom stereocenters. The Kier molecular flexibility index (Phi) is 3.60. The third kappa shape index (κ3) is 2.37. The Balaban J connectivity index is 0.000000845. The van der Waals surface area contributed by atoms with E-state index < -0.39 is 0 Å². The number of phenolic OH excluding ortho intramolecular Hbond substituents is 1. The van der Waals surface area contributed by atoms with Gasteiger partial charge in [0.25, 0.3) is 0 Å². The van der Waals surface area contributed by atoms with Gasteiger partial charge in [-0.05, 0) is 36.4 Å². The van der Waals surface area contributed by atoms with E-state index in [0.717, 1.165) is 11.3 Å². The second kappa shape index (κ2) is 4.51. The van der Waals surface area contributed by atoms with Gasteiger partial charge in [0.1, 0.15) is 11.5 Å². The average Bonchev–Trinajstić information content (AvgIpc) is 2.58. The van der Waals surface area contributed by atoms with E-state index in [0.29, 0.717) is 0 Å². The Morgan fingerprint density at radius 2 is 1.77 bits per heavy atom. The minimum absolute atomic E-state index is 0. The van der Waals surface area contributed by atoms with Gasteiger partial charge in [-0.2, -0.15) is 0 Å². The fourth-order valence-electron chi connectivity index (χ4n) is 1.07. The van der Waals surface area contributed by atoms with Gasteiger partial charge >= 0.3 is 29.6 Å². The third-order valence-corrected chi connectivity index (χ3v) is 1.67. The van der Waals surface area contributed by atoms with Crippen LogP contribution in [0.5, 0.6) is 5.75 Å². The van der Waals surface area contributed by atoms with Crippen LogP contribution in [0.2, 0.25) is 0 Å². The summed E-state index contributed by atoms with van der Waals surface area (Å²) in [6.07, 6.45) is 1.63. The van der Waals surface area contributed by atoms with E-state index in [1.54, 1.807) is 18.4 Å². The Labute approximate surface area is 100.0 Å². The van der Waals surface area contributed by atoms with Crippen LogP contribution in [0.15, 0.2) is 47.1 Å². The van der Waals surface area contributed by atoms with Gasteiger partial charge < -0.3 is 11.0 Å². The Hall–Kier alpha value is -0.700. The van der Waals surface area contributed by atoms with Crippen LogP contribution in [0, 0.1) is 0 Å². The Bertz CT molecular complexity index is 356. The molecule has 1 heterocycles. The van der Waals surface area contributed by atoms with Crippen molar-refractivity contribution in [1.82, 2.24) is 0 Å². The van der Waals surface area contributed by atoms with Crippen molar-refractivity contribution >= 4 is 0 Å². The van der Waals surface area contributed by atoms with Crippen molar-refractivity contribution in [2.75, 3.05) is 0 Å². The number of rotatable bonds is 1. The normalized spacial score (nSPS) is 9.23. The molecule has 0 spiro atoms. The minimum atomic E-state index is 0. The monoisotopic (exact) mass is 184 g/mol. The van der Waals surface area contributed by atoms with Crippen LogP contribution in [-0.4, -0.2) is 5.11 Å². The first-order valence-corrected chi connectivity index (χ1v) is 3.69. The molecule has 1 aromatic carbocycles. The smallest absolute Gasteiger partial charge is 1.00 e. The van der Waals surface area contributed by atoms with Crippen LogP contribution in [-0.2, 0) is 0 Å². The first kappa shape index (κ1) is 10.4. The van der Waals surface area contributed by atoms with E-state index in [9.17, 15) is 0 Å². The zero-order valence-corrected chi connectivity index (χ0v) is 9.40. The van der Waals surface area contributed by atoms with Crippen molar-refractivity contribution in [1.29, 1.82) is 0 Å². The summed E-state index contributed by atoms with van der Waals surface area (Å²) in [4.78, 5) is 0. The van der Waals surface area contributed by atoms with E-state index in [1.807, 2.05) is 24.3 Å². The summed E-state index contributed by atoms with van der Waals surface area (Å²) in [5.41, 5.74) is 0.970. The van der Waals surface area contributed by atoms with Crippen molar-refractivity contribution in [2.24, 2.45) is 0 Å². The third-order valence-electron chi connectivity index (χ3n) is 1.67. The molecule has 0 radical (unpaired) electrons. The second-order valence-corrected chi connectivity index (χ2v) is 2.52. The molecule has 0 aliphatic rings. The van der Waals surface area contributed by atoms with E-state index in [2.05, 4.69) is 0 Å². The van der Waals surface area contributed by atoms with Crippen LogP contribution < -0.4 is 29.6 Å². The Morgan fingerprint density at radius 3 is 2.31 bits per heavy atom. The van der Waals surface area contributed by atoms with Gasteiger partial charge in [-0.15, -0.1) is 0 Å². The number of hydrogen-bond acceptors (Lipinski definition) is 2. The van der Waals surface area contributed by atoms with Gasteiger partial charge in [0.2, 0.25) is 0 Å². The van der Waals surface area contributed by atoms with Crippen LogP contribution in [0.3, 0.4) is 0 Å². The quantitative estimate of drug-likeness (QED) is 0.621. The van der Waals surface area contributed by atoms with E-state index in [-0.39, 0.29) is 36.7 Å². The predicted molar refractivity (Wildman–Crippen MR) is 46.9 cm³/mol.